The summed E-state index contributed by atoms with van der Waals surface area (Å²) < 4.78 is 39.6. The largest absolute Gasteiger partial charge is 0.493 e. The molecule has 1 atom stereocenters. The number of hydrogen-bond acceptors (Lipinski definition) is 3. The lowest BCUT2D eigenvalue weighted by Crippen LogP contribution is -2.52. The number of nitrogens with zero attached hydrogens (tertiary/aromatic N) is 1. The highest BCUT2D eigenvalue weighted by molar-refractivity contribution is 5.94. The first-order chi connectivity index (χ1) is 15.1. The molecule has 0 saturated carbocycles. The van der Waals surface area contributed by atoms with Gasteiger partial charge >= 0.3 is 0 Å². The van der Waals surface area contributed by atoms with Crippen molar-refractivity contribution < 1.29 is 23.0 Å². The zero-order valence-corrected chi connectivity index (χ0v) is 17.0. The maximum Gasteiger partial charge on any atom is 0.254 e. The van der Waals surface area contributed by atoms with Crippen LogP contribution in [-0.4, -0.2) is 37.1 Å². The molecule has 0 spiro atoms. The summed E-state index contributed by atoms with van der Waals surface area (Å²) in [6.45, 7) is 1.20. The lowest BCUT2D eigenvalue weighted by Gasteiger charge is -2.43. The maximum atomic E-state index is 14.1. The van der Waals surface area contributed by atoms with Crippen LogP contribution < -0.4 is 4.74 Å². The van der Waals surface area contributed by atoms with Gasteiger partial charge in [-0.25, -0.2) is 8.78 Å². The second-order valence-electron chi connectivity index (χ2n) is 7.48. The van der Waals surface area contributed by atoms with Crippen LogP contribution in [0.1, 0.15) is 22.3 Å². The minimum absolute atomic E-state index is 0.125. The topological polar surface area (TPSA) is 38.8 Å². The third-order valence-corrected chi connectivity index (χ3v) is 5.46. The van der Waals surface area contributed by atoms with Crippen molar-refractivity contribution in [2.45, 2.75) is 12.0 Å². The van der Waals surface area contributed by atoms with E-state index in [4.69, 9.17) is 9.47 Å². The monoisotopic (exact) mass is 423 g/mol. The van der Waals surface area contributed by atoms with Gasteiger partial charge in [-0.3, -0.25) is 4.79 Å². The van der Waals surface area contributed by atoms with Crippen molar-refractivity contribution in [1.82, 2.24) is 4.90 Å². The number of amides is 1. The average Bonchev–Trinajstić information content (AvgIpc) is 2.82. The summed E-state index contributed by atoms with van der Waals surface area (Å²) in [5, 5.41) is 0. The summed E-state index contributed by atoms with van der Waals surface area (Å²) in [5.41, 5.74) is 0.0455. The van der Waals surface area contributed by atoms with E-state index >= 15 is 0 Å². The Morgan fingerprint density at radius 2 is 1.68 bits per heavy atom. The molecule has 1 aliphatic heterocycles. The number of carbonyl (C=O) groups excluding carboxylic acids is 1. The van der Waals surface area contributed by atoms with Crippen LogP contribution in [0.15, 0.2) is 78.9 Å². The van der Waals surface area contributed by atoms with Gasteiger partial charge in [-0.05, 0) is 42.0 Å². The van der Waals surface area contributed by atoms with Crippen LogP contribution in [0, 0.1) is 11.6 Å². The second kappa shape index (κ2) is 9.27. The van der Waals surface area contributed by atoms with Gasteiger partial charge in [0.05, 0.1) is 19.8 Å². The summed E-state index contributed by atoms with van der Waals surface area (Å²) in [7, 11) is 0. The summed E-state index contributed by atoms with van der Waals surface area (Å²) in [6.07, 6.45) is 0.367. The highest BCUT2D eigenvalue weighted by Crippen LogP contribution is 2.35. The van der Waals surface area contributed by atoms with Gasteiger partial charge in [0, 0.05) is 18.5 Å². The molecular formula is C25H23F2NO3. The first kappa shape index (κ1) is 21.0. The standard InChI is InChI=1S/C25H23F2NO3/c26-22-12-11-20(17-23(22)27)25(13-15-30-21-9-5-2-6-10-21)18-28(14-16-31-25)24(29)19-7-3-1-4-8-19/h1-12,17H,13-16,18H2. The Balaban J connectivity index is 1.59. The van der Waals surface area contributed by atoms with Crippen LogP contribution in [-0.2, 0) is 10.3 Å². The van der Waals surface area contributed by atoms with E-state index in [9.17, 15) is 13.6 Å². The summed E-state index contributed by atoms with van der Waals surface area (Å²) >= 11 is 0. The van der Waals surface area contributed by atoms with Gasteiger partial charge in [-0.15, -0.1) is 0 Å². The number of morpholine rings is 1. The van der Waals surface area contributed by atoms with E-state index in [-0.39, 0.29) is 25.7 Å². The number of benzene rings is 3. The molecule has 0 bridgehead atoms. The van der Waals surface area contributed by atoms with Crippen molar-refractivity contribution in [2.75, 3.05) is 26.3 Å². The molecule has 1 unspecified atom stereocenters. The molecule has 1 amide bonds. The lowest BCUT2D eigenvalue weighted by molar-refractivity contribution is -0.114. The molecule has 1 saturated heterocycles. The lowest BCUT2D eigenvalue weighted by atomic mass is 9.88. The minimum atomic E-state index is -1.01. The molecule has 31 heavy (non-hydrogen) atoms. The van der Waals surface area contributed by atoms with Crippen molar-refractivity contribution in [3.05, 3.63) is 102 Å². The zero-order valence-electron chi connectivity index (χ0n) is 17.0. The predicted octanol–water partition coefficient (Wildman–Crippen LogP) is 4.80. The van der Waals surface area contributed by atoms with Crippen LogP contribution in [0.2, 0.25) is 0 Å². The van der Waals surface area contributed by atoms with E-state index in [0.29, 0.717) is 29.8 Å². The molecule has 160 valence electrons. The first-order valence-electron chi connectivity index (χ1n) is 10.2. The highest BCUT2D eigenvalue weighted by Gasteiger charge is 2.40. The summed E-state index contributed by atoms with van der Waals surface area (Å²) in [6, 6.07) is 22.1. The van der Waals surface area contributed by atoms with Crippen molar-refractivity contribution in [3.8, 4) is 5.75 Å². The van der Waals surface area contributed by atoms with Crippen LogP contribution in [0.3, 0.4) is 0 Å². The van der Waals surface area contributed by atoms with Crippen LogP contribution in [0.4, 0.5) is 8.78 Å². The van der Waals surface area contributed by atoms with Gasteiger partial charge in [-0.2, -0.15) is 0 Å². The summed E-state index contributed by atoms with van der Waals surface area (Å²) in [4.78, 5) is 14.7. The molecular weight excluding hydrogens is 400 g/mol. The van der Waals surface area contributed by atoms with Crippen LogP contribution >= 0.6 is 0 Å². The molecule has 0 N–H and O–H groups in total. The molecule has 4 nitrogen and oxygen atoms in total. The molecule has 0 radical (unpaired) electrons. The van der Waals surface area contributed by atoms with Gasteiger partial charge in [0.15, 0.2) is 11.6 Å². The van der Waals surface area contributed by atoms with E-state index in [0.717, 1.165) is 12.1 Å². The number of carbonyl (C=O) groups is 1. The molecule has 0 aromatic heterocycles. The molecule has 3 aromatic carbocycles. The number of ether oxygens (including phenoxy) is 2. The SMILES string of the molecule is O=C(c1ccccc1)N1CCOC(CCOc2ccccc2)(c2ccc(F)c(F)c2)C1. The fraction of sp³-hybridized carbons (Fsp3) is 0.240. The van der Waals surface area contributed by atoms with Crippen molar-refractivity contribution >= 4 is 5.91 Å². The third-order valence-electron chi connectivity index (χ3n) is 5.46. The Kier molecular flexibility index (Phi) is 6.28. The Bertz CT molecular complexity index is 1030. The molecule has 1 fully saturated rings. The summed E-state index contributed by atoms with van der Waals surface area (Å²) in [5.74, 6) is -1.29. The van der Waals surface area contributed by atoms with Crippen LogP contribution in [0.25, 0.3) is 0 Å². The number of halogens is 2. The van der Waals surface area contributed by atoms with Crippen molar-refractivity contribution in [3.63, 3.8) is 0 Å². The molecule has 3 aromatic rings. The molecule has 6 heteroatoms. The fourth-order valence-corrected chi connectivity index (χ4v) is 3.82. The van der Waals surface area contributed by atoms with E-state index in [1.54, 1.807) is 17.0 Å². The number of para-hydroxylation sites is 1. The van der Waals surface area contributed by atoms with E-state index in [1.165, 1.54) is 6.07 Å². The Hall–Kier alpha value is -3.25. The predicted molar refractivity (Wildman–Crippen MR) is 113 cm³/mol. The third kappa shape index (κ3) is 4.75. The van der Waals surface area contributed by atoms with E-state index in [2.05, 4.69) is 0 Å². The van der Waals surface area contributed by atoms with Crippen molar-refractivity contribution in [1.29, 1.82) is 0 Å². The molecule has 1 heterocycles. The minimum Gasteiger partial charge on any atom is -0.493 e. The zero-order chi connectivity index (χ0) is 21.7. The quantitative estimate of drug-likeness (QED) is 0.572. The Labute approximate surface area is 180 Å². The average molecular weight is 423 g/mol. The maximum absolute atomic E-state index is 14.1. The number of hydrogen-bond donors (Lipinski definition) is 0. The first-order valence-corrected chi connectivity index (χ1v) is 10.2. The normalized spacial score (nSPS) is 18.6. The fourth-order valence-electron chi connectivity index (χ4n) is 3.82. The molecule has 4 rings (SSSR count). The molecule has 1 aliphatic rings. The second-order valence-corrected chi connectivity index (χ2v) is 7.48. The van der Waals surface area contributed by atoms with Gasteiger partial charge in [0.1, 0.15) is 11.4 Å². The van der Waals surface area contributed by atoms with E-state index < -0.39 is 17.2 Å². The van der Waals surface area contributed by atoms with Gasteiger partial charge in [0.25, 0.3) is 5.91 Å². The number of rotatable bonds is 6. The van der Waals surface area contributed by atoms with Gasteiger partial charge in [0.2, 0.25) is 0 Å². The van der Waals surface area contributed by atoms with E-state index in [1.807, 2.05) is 48.5 Å². The smallest absolute Gasteiger partial charge is 0.254 e. The Morgan fingerprint density at radius 3 is 2.39 bits per heavy atom. The highest BCUT2D eigenvalue weighted by atomic mass is 19.2. The van der Waals surface area contributed by atoms with Gasteiger partial charge < -0.3 is 14.4 Å². The van der Waals surface area contributed by atoms with Crippen molar-refractivity contribution in [2.24, 2.45) is 0 Å². The Morgan fingerprint density at radius 1 is 0.968 bits per heavy atom. The van der Waals surface area contributed by atoms with Crippen LogP contribution in [0.5, 0.6) is 5.75 Å². The van der Waals surface area contributed by atoms with Gasteiger partial charge in [-0.1, -0.05) is 42.5 Å². The molecule has 0 aliphatic carbocycles.